The van der Waals surface area contributed by atoms with E-state index >= 15 is 0 Å². The molecule has 0 unspecified atom stereocenters. The topological polar surface area (TPSA) is 43.4 Å². The summed E-state index contributed by atoms with van der Waals surface area (Å²) in [6.07, 6.45) is 0. The van der Waals surface area contributed by atoms with E-state index in [2.05, 4.69) is 16.6 Å². The van der Waals surface area contributed by atoms with Gasteiger partial charge in [0.1, 0.15) is 0 Å². The minimum absolute atomic E-state index is 0.259. The average molecular weight is 260 g/mol. The van der Waals surface area contributed by atoms with Crippen molar-refractivity contribution in [2.45, 2.75) is 9.79 Å². The van der Waals surface area contributed by atoms with Gasteiger partial charge in [0.25, 0.3) is 0 Å². The summed E-state index contributed by atoms with van der Waals surface area (Å²) in [5.74, 6) is 0.599. The van der Waals surface area contributed by atoms with Crippen molar-refractivity contribution in [1.29, 1.82) is 0 Å². The maximum absolute atomic E-state index is 12.2. The number of hydrogen-bond acceptors (Lipinski definition) is 3. The highest BCUT2D eigenvalue weighted by atomic mass is 32.2. The molecule has 0 fully saturated rings. The lowest BCUT2D eigenvalue weighted by Gasteiger charge is -2.06. The van der Waals surface area contributed by atoms with Crippen molar-refractivity contribution in [3.05, 3.63) is 54.6 Å². The predicted molar refractivity (Wildman–Crippen MR) is 64.7 cm³/mol. The third kappa shape index (κ3) is 2.52. The van der Waals surface area contributed by atoms with Crippen LogP contribution in [0.1, 0.15) is 0 Å². The van der Waals surface area contributed by atoms with E-state index < -0.39 is 9.84 Å². The van der Waals surface area contributed by atoms with Crippen LogP contribution in [0, 0.1) is 0 Å². The molecule has 3 nitrogen and oxygen atoms in total. The van der Waals surface area contributed by atoms with Crippen molar-refractivity contribution in [2.75, 3.05) is 0 Å². The summed E-state index contributed by atoms with van der Waals surface area (Å²) < 4.78 is 29.3. The van der Waals surface area contributed by atoms with Crippen LogP contribution in [-0.4, -0.2) is 25.0 Å². The fraction of sp³-hybridized carbons (Fsp3) is 0. The SMILES string of the molecule is O=S(=O)(c1ccccc1)c1ccc([O][Al])cc1. The second-order valence-corrected chi connectivity index (χ2v) is 5.59. The van der Waals surface area contributed by atoms with E-state index in [9.17, 15) is 8.42 Å². The molecule has 17 heavy (non-hydrogen) atoms. The fourth-order valence-electron chi connectivity index (χ4n) is 1.43. The van der Waals surface area contributed by atoms with Gasteiger partial charge in [-0.2, -0.15) is 0 Å². The van der Waals surface area contributed by atoms with Crippen LogP contribution in [0.15, 0.2) is 64.4 Å². The Morgan fingerprint density at radius 2 is 1.35 bits per heavy atom. The van der Waals surface area contributed by atoms with Crippen LogP contribution in [0.25, 0.3) is 0 Å². The first-order valence-corrected chi connectivity index (χ1v) is 6.87. The highest BCUT2D eigenvalue weighted by Gasteiger charge is 2.16. The van der Waals surface area contributed by atoms with Gasteiger partial charge in [-0.15, -0.1) is 0 Å². The van der Waals surface area contributed by atoms with Gasteiger partial charge in [-0.3, -0.25) is 0 Å². The van der Waals surface area contributed by atoms with Crippen molar-refractivity contribution < 1.29 is 12.2 Å². The van der Waals surface area contributed by atoms with E-state index in [1.807, 2.05) is 0 Å². The molecular formula is C12H9AlO3S. The van der Waals surface area contributed by atoms with E-state index in [-0.39, 0.29) is 4.90 Å². The Morgan fingerprint density at radius 1 is 0.824 bits per heavy atom. The number of sulfone groups is 1. The van der Waals surface area contributed by atoms with Gasteiger partial charge in [-0.05, 0) is 36.4 Å². The molecule has 0 heterocycles. The summed E-state index contributed by atoms with van der Waals surface area (Å²) in [7, 11) is -3.43. The zero-order valence-corrected chi connectivity index (χ0v) is 10.9. The molecule has 0 amide bonds. The van der Waals surface area contributed by atoms with E-state index in [1.165, 1.54) is 12.1 Å². The first kappa shape index (κ1) is 12.2. The standard InChI is InChI=1S/C12H10O3S.Al/c13-10-6-8-12(9-7-10)16(14,15)11-4-2-1-3-5-11;/h1-9,13H;/q;+1/p-1. The van der Waals surface area contributed by atoms with Gasteiger partial charge in [0, 0.05) is 0 Å². The maximum atomic E-state index is 12.2. The second-order valence-electron chi connectivity index (χ2n) is 3.41. The van der Waals surface area contributed by atoms with Gasteiger partial charge < -0.3 is 3.79 Å². The third-order valence-electron chi connectivity index (χ3n) is 2.32. The minimum Gasteiger partial charge on any atom is -0.654 e. The van der Waals surface area contributed by atoms with Crippen LogP contribution < -0.4 is 3.79 Å². The van der Waals surface area contributed by atoms with Crippen LogP contribution in [0.4, 0.5) is 0 Å². The Hall–Kier alpha value is -1.28. The highest BCUT2D eigenvalue weighted by molar-refractivity contribution is 7.91. The van der Waals surface area contributed by atoms with E-state index in [1.54, 1.807) is 42.5 Å². The first-order valence-electron chi connectivity index (χ1n) is 4.91. The van der Waals surface area contributed by atoms with Gasteiger partial charge in [0.15, 0.2) is 0 Å². The van der Waals surface area contributed by atoms with Crippen LogP contribution in [0.5, 0.6) is 5.75 Å². The van der Waals surface area contributed by atoms with Crippen molar-refractivity contribution in [1.82, 2.24) is 0 Å². The van der Waals surface area contributed by atoms with Crippen molar-refractivity contribution in [2.24, 2.45) is 0 Å². The quantitative estimate of drug-likeness (QED) is 0.792. The molecule has 0 spiro atoms. The highest BCUT2D eigenvalue weighted by Crippen LogP contribution is 2.22. The molecule has 0 N–H and O–H groups in total. The lowest BCUT2D eigenvalue weighted by atomic mass is 10.3. The fourth-order valence-corrected chi connectivity index (χ4v) is 2.87. The van der Waals surface area contributed by atoms with Crippen LogP contribution in [-0.2, 0) is 9.84 Å². The second kappa shape index (κ2) is 4.93. The first-order chi connectivity index (χ1) is 8.14. The largest absolute Gasteiger partial charge is 0.654 e. The van der Waals surface area contributed by atoms with E-state index in [0.717, 1.165) is 0 Å². The molecule has 0 aliphatic carbocycles. The zero-order valence-electron chi connectivity index (χ0n) is 8.91. The lowest BCUT2D eigenvalue weighted by Crippen LogP contribution is -2.01. The maximum Gasteiger partial charge on any atom is 0.482 e. The number of hydrogen-bond donors (Lipinski definition) is 0. The van der Waals surface area contributed by atoms with Gasteiger partial charge in [-0.1, -0.05) is 18.2 Å². The molecule has 0 aromatic heterocycles. The Bertz CT molecular complexity index is 591. The number of benzene rings is 2. The van der Waals surface area contributed by atoms with E-state index in [4.69, 9.17) is 3.79 Å². The minimum atomic E-state index is -3.43. The molecule has 0 saturated heterocycles. The molecule has 2 radical (unpaired) electrons. The summed E-state index contributed by atoms with van der Waals surface area (Å²) in [5, 5.41) is 0. The predicted octanol–water partition coefficient (Wildman–Crippen LogP) is 1.98. The molecule has 0 aliphatic heterocycles. The Labute approximate surface area is 109 Å². The summed E-state index contributed by atoms with van der Waals surface area (Å²) in [5.41, 5.74) is 0. The van der Waals surface area contributed by atoms with Crippen molar-refractivity contribution >= 4 is 26.5 Å². The van der Waals surface area contributed by atoms with Gasteiger partial charge in [0.2, 0.25) is 9.84 Å². The Morgan fingerprint density at radius 3 is 1.88 bits per heavy atom. The third-order valence-corrected chi connectivity index (χ3v) is 4.38. The number of rotatable bonds is 3. The molecule has 2 aromatic carbocycles. The molecule has 84 valence electrons. The zero-order chi connectivity index (χ0) is 12.3. The summed E-state index contributed by atoms with van der Waals surface area (Å²) >= 11 is 2.11. The van der Waals surface area contributed by atoms with Gasteiger partial charge in [0.05, 0.1) is 15.5 Å². The molecular weight excluding hydrogens is 251 g/mol. The smallest absolute Gasteiger partial charge is 0.482 e. The monoisotopic (exact) mass is 260 g/mol. The van der Waals surface area contributed by atoms with Crippen molar-refractivity contribution in [3.8, 4) is 5.75 Å². The molecule has 0 saturated carbocycles. The molecule has 2 rings (SSSR count). The molecule has 5 heteroatoms. The van der Waals surface area contributed by atoms with Crippen LogP contribution >= 0.6 is 0 Å². The Kier molecular flexibility index (Phi) is 3.53. The normalized spacial score (nSPS) is 11.1. The molecule has 0 aliphatic rings. The van der Waals surface area contributed by atoms with Crippen molar-refractivity contribution in [3.63, 3.8) is 0 Å². The summed E-state index contributed by atoms with van der Waals surface area (Å²) in [6, 6.07) is 14.6. The van der Waals surface area contributed by atoms with Crippen LogP contribution in [0.2, 0.25) is 0 Å². The Balaban J connectivity index is 2.45. The molecule has 0 bridgehead atoms. The average Bonchev–Trinajstić information content (AvgIpc) is 2.40. The lowest BCUT2D eigenvalue weighted by molar-refractivity contribution is 0.595. The summed E-state index contributed by atoms with van der Waals surface area (Å²) in [6.45, 7) is 0. The van der Waals surface area contributed by atoms with Gasteiger partial charge >= 0.3 is 16.6 Å². The van der Waals surface area contributed by atoms with E-state index in [0.29, 0.717) is 10.6 Å². The molecule has 2 aromatic rings. The molecule has 0 atom stereocenters. The van der Waals surface area contributed by atoms with Crippen LogP contribution in [0.3, 0.4) is 0 Å². The van der Waals surface area contributed by atoms with Gasteiger partial charge in [-0.25, -0.2) is 8.42 Å². The summed E-state index contributed by atoms with van der Waals surface area (Å²) in [4.78, 5) is 0.550.